The Bertz CT molecular complexity index is 1120. The average Bonchev–Trinajstić information content (AvgIpc) is 2.68. The van der Waals surface area contributed by atoms with E-state index in [9.17, 15) is 19.7 Å². The van der Waals surface area contributed by atoms with E-state index in [4.69, 9.17) is 9.15 Å². The second-order valence-electron chi connectivity index (χ2n) is 6.56. The molecule has 0 fully saturated rings. The fraction of sp³-hybridized carbons (Fsp3) is 0.238. The summed E-state index contributed by atoms with van der Waals surface area (Å²) in [4.78, 5) is 34.5. The van der Waals surface area contributed by atoms with Gasteiger partial charge in [0.05, 0.1) is 4.92 Å². The number of nitrogens with zero attached hydrogens (tertiary/aromatic N) is 1. The second kappa shape index (κ2) is 8.55. The molecular weight excluding hydrogens is 376 g/mol. The topological polar surface area (TPSA) is 112 Å². The maximum Gasteiger partial charge on any atom is 0.336 e. The Labute approximate surface area is 166 Å². The van der Waals surface area contributed by atoms with Crippen LogP contribution in [-0.2, 0) is 11.2 Å². The van der Waals surface area contributed by atoms with Gasteiger partial charge in [-0.1, -0.05) is 19.4 Å². The van der Waals surface area contributed by atoms with Crippen LogP contribution in [0.5, 0.6) is 5.75 Å². The molecule has 0 saturated heterocycles. The van der Waals surface area contributed by atoms with Crippen molar-refractivity contribution in [3.05, 3.63) is 74.6 Å². The van der Waals surface area contributed by atoms with Crippen molar-refractivity contribution in [3.8, 4) is 5.75 Å². The number of aryl methyl sites for hydroxylation is 1. The van der Waals surface area contributed by atoms with Crippen LogP contribution in [0.15, 0.2) is 57.7 Å². The molecule has 0 saturated carbocycles. The standard InChI is InChI=1S/C21H20N2O6/c1-3-5-14-10-20(24)29-19-12-17(8-9-18(14)19)28-13(2)21(25)22-15-6-4-7-16(11-15)23(26)27/h4,6-13H,3,5H2,1-2H3,(H,22,25)/t13-/m0/s1. The quantitative estimate of drug-likeness (QED) is 0.366. The van der Waals surface area contributed by atoms with Crippen molar-refractivity contribution in [3.63, 3.8) is 0 Å². The third-order valence-electron chi connectivity index (χ3n) is 4.33. The van der Waals surface area contributed by atoms with Crippen molar-refractivity contribution in [1.29, 1.82) is 0 Å². The van der Waals surface area contributed by atoms with Crippen LogP contribution in [0.2, 0.25) is 0 Å². The van der Waals surface area contributed by atoms with E-state index in [0.29, 0.717) is 17.0 Å². The molecule has 2 aromatic carbocycles. The lowest BCUT2D eigenvalue weighted by molar-refractivity contribution is -0.384. The number of benzene rings is 2. The summed E-state index contributed by atoms with van der Waals surface area (Å²) in [7, 11) is 0. The molecule has 3 rings (SSSR count). The van der Waals surface area contributed by atoms with E-state index in [1.165, 1.54) is 24.3 Å². The fourth-order valence-electron chi connectivity index (χ4n) is 2.96. The number of nitrogens with one attached hydrogen (secondary N) is 1. The highest BCUT2D eigenvalue weighted by Gasteiger charge is 2.17. The van der Waals surface area contributed by atoms with Gasteiger partial charge in [0.25, 0.3) is 11.6 Å². The third-order valence-corrected chi connectivity index (χ3v) is 4.33. The molecule has 1 N–H and O–H groups in total. The minimum Gasteiger partial charge on any atom is -0.481 e. The second-order valence-corrected chi connectivity index (χ2v) is 6.56. The predicted octanol–water partition coefficient (Wildman–Crippen LogP) is 4.06. The number of rotatable bonds is 7. The molecule has 0 unspecified atom stereocenters. The van der Waals surface area contributed by atoms with Crippen LogP contribution in [0.25, 0.3) is 11.0 Å². The Kier molecular flexibility index (Phi) is 5.92. The molecule has 0 aliphatic rings. The maximum absolute atomic E-state index is 12.4. The van der Waals surface area contributed by atoms with Crippen LogP contribution in [0.4, 0.5) is 11.4 Å². The summed E-state index contributed by atoms with van der Waals surface area (Å²) < 4.78 is 10.9. The molecule has 8 heteroatoms. The zero-order valence-electron chi connectivity index (χ0n) is 16.0. The normalized spacial score (nSPS) is 11.8. The monoisotopic (exact) mass is 396 g/mol. The van der Waals surface area contributed by atoms with Gasteiger partial charge in [-0.15, -0.1) is 0 Å². The van der Waals surface area contributed by atoms with E-state index in [2.05, 4.69) is 5.32 Å². The van der Waals surface area contributed by atoms with Gasteiger partial charge in [0.1, 0.15) is 11.3 Å². The summed E-state index contributed by atoms with van der Waals surface area (Å²) in [6.07, 6.45) is 0.771. The van der Waals surface area contributed by atoms with Gasteiger partial charge in [0.2, 0.25) is 0 Å². The van der Waals surface area contributed by atoms with Crippen molar-refractivity contribution in [2.45, 2.75) is 32.8 Å². The van der Waals surface area contributed by atoms with Gasteiger partial charge in [-0.05, 0) is 37.1 Å². The van der Waals surface area contributed by atoms with Gasteiger partial charge in [0.15, 0.2) is 6.10 Å². The fourth-order valence-corrected chi connectivity index (χ4v) is 2.96. The minimum atomic E-state index is -0.878. The van der Waals surface area contributed by atoms with Gasteiger partial charge >= 0.3 is 5.63 Å². The van der Waals surface area contributed by atoms with Crippen molar-refractivity contribution in [2.24, 2.45) is 0 Å². The average molecular weight is 396 g/mol. The molecule has 29 heavy (non-hydrogen) atoms. The molecule has 1 aromatic heterocycles. The first-order valence-electron chi connectivity index (χ1n) is 9.16. The molecular formula is C21H20N2O6. The van der Waals surface area contributed by atoms with Gasteiger partial charge < -0.3 is 14.5 Å². The maximum atomic E-state index is 12.4. The van der Waals surface area contributed by atoms with Crippen LogP contribution in [0, 0.1) is 10.1 Å². The molecule has 150 valence electrons. The summed E-state index contributed by atoms with van der Waals surface area (Å²) in [5.41, 5.74) is 1.04. The van der Waals surface area contributed by atoms with Gasteiger partial charge in [-0.2, -0.15) is 0 Å². The van der Waals surface area contributed by atoms with Gasteiger partial charge in [-0.25, -0.2) is 4.79 Å². The Morgan fingerprint density at radius 2 is 2.03 bits per heavy atom. The molecule has 0 aliphatic carbocycles. The summed E-state index contributed by atoms with van der Waals surface area (Å²) in [6, 6.07) is 12.2. The molecule has 1 amide bonds. The van der Waals surface area contributed by atoms with Gasteiger partial charge in [0, 0.05) is 35.3 Å². The van der Waals surface area contributed by atoms with Crippen molar-refractivity contribution in [1.82, 2.24) is 0 Å². The van der Waals surface area contributed by atoms with Crippen LogP contribution >= 0.6 is 0 Å². The lowest BCUT2D eigenvalue weighted by Gasteiger charge is -2.15. The Morgan fingerprint density at radius 3 is 2.76 bits per heavy atom. The predicted molar refractivity (Wildman–Crippen MR) is 108 cm³/mol. The number of ether oxygens (including phenoxy) is 1. The molecule has 8 nitrogen and oxygen atoms in total. The van der Waals surface area contributed by atoms with E-state index in [1.807, 2.05) is 6.92 Å². The van der Waals surface area contributed by atoms with Crippen LogP contribution in [0.3, 0.4) is 0 Å². The van der Waals surface area contributed by atoms with Gasteiger partial charge in [-0.3, -0.25) is 14.9 Å². The van der Waals surface area contributed by atoms with Crippen molar-refractivity contribution < 1.29 is 18.9 Å². The summed E-state index contributed by atoms with van der Waals surface area (Å²) in [5.74, 6) is -0.0947. The number of nitro groups is 1. The SMILES string of the molecule is CCCc1cc(=O)oc2cc(O[C@@H](C)C(=O)Nc3cccc([N+](=O)[O-])c3)ccc12. The minimum absolute atomic E-state index is 0.121. The summed E-state index contributed by atoms with van der Waals surface area (Å²) >= 11 is 0. The number of fused-ring (bicyclic) bond motifs is 1. The molecule has 0 spiro atoms. The highest BCUT2D eigenvalue weighted by Crippen LogP contribution is 2.24. The number of nitro benzene ring substituents is 1. The molecule has 1 atom stereocenters. The van der Waals surface area contributed by atoms with Crippen molar-refractivity contribution >= 4 is 28.3 Å². The number of carbonyl (C=O) groups is 1. The molecule has 0 radical (unpaired) electrons. The Hall–Kier alpha value is -3.68. The molecule has 1 heterocycles. The lowest BCUT2D eigenvalue weighted by atomic mass is 10.1. The number of carbonyl (C=O) groups excluding carboxylic acids is 1. The Morgan fingerprint density at radius 1 is 1.24 bits per heavy atom. The molecule has 0 aliphatic heterocycles. The highest BCUT2D eigenvalue weighted by molar-refractivity contribution is 5.94. The third kappa shape index (κ3) is 4.78. The number of amides is 1. The number of hydrogen-bond acceptors (Lipinski definition) is 6. The van der Waals surface area contributed by atoms with Crippen molar-refractivity contribution in [2.75, 3.05) is 5.32 Å². The zero-order chi connectivity index (χ0) is 21.0. The van der Waals surface area contributed by atoms with Crippen LogP contribution in [0.1, 0.15) is 25.8 Å². The van der Waals surface area contributed by atoms with E-state index in [0.717, 1.165) is 23.8 Å². The van der Waals surface area contributed by atoms with Crippen LogP contribution < -0.4 is 15.7 Å². The molecule has 0 bridgehead atoms. The first-order valence-corrected chi connectivity index (χ1v) is 9.16. The molecule has 3 aromatic rings. The highest BCUT2D eigenvalue weighted by atomic mass is 16.6. The number of non-ortho nitro benzene ring substituents is 1. The largest absolute Gasteiger partial charge is 0.481 e. The number of hydrogen-bond donors (Lipinski definition) is 1. The first kappa shape index (κ1) is 20.1. The number of anilines is 1. The van der Waals surface area contributed by atoms with E-state index in [-0.39, 0.29) is 5.69 Å². The van der Waals surface area contributed by atoms with E-state index >= 15 is 0 Å². The van der Waals surface area contributed by atoms with E-state index < -0.39 is 22.6 Å². The first-order chi connectivity index (χ1) is 13.9. The zero-order valence-corrected chi connectivity index (χ0v) is 16.0. The lowest BCUT2D eigenvalue weighted by Crippen LogP contribution is -2.30. The Balaban J connectivity index is 1.76. The summed E-state index contributed by atoms with van der Waals surface area (Å²) in [5, 5.41) is 14.3. The van der Waals surface area contributed by atoms with Crippen LogP contribution in [-0.4, -0.2) is 16.9 Å². The summed E-state index contributed by atoms with van der Waals surface area (Å²) in [6.45, 7) is 3.58. The van der Waals surface area contributed by atoms with E-state index in [1.54, 1.807) is 31.2 Å². The smallest absolute Gasteiger partial charge is 0.336 e.